The van der Waals surface area contributed by atoms with Gasteiger partial charge in [0.2, 0.25) is 0 Å². The van der Waals surface area contributed by atoms with Gasteiger partial charge in [0.15, 0.2) is 5.43 Å². The number of aliphatic hydroxyl groups excluding tert-OH is 1. The number of fused-ring (bicyclic) bond motifs is 5. The van der Waals surface area contributed by atoms with Crippen molar-refractivity contribution >= 4 is 11.0 Å². The van der Waals surface area contributed by atoms with Crippen LogP contribution in [0.3, 0.4) is 0 Å². The Balaban J connectivity index is 1.10. The van der Waals surface area contributed by atoms with E-state index >= 15 is 0 Å². The first-order chi connectivity index (χ1) is 17.9. The van der Waals surface area contributed by atoms with Crippen molar-refractivity contribution in [1.29, 1.82) is 0 Å². The summed E-state index contributed by atoms with van der Waals surface area (Å²) in [5, 5.41) is 11.1. The predicted molar refractivity (Wildman–Crippen MR) is 137 cm³/mol. The Kier molecular flexibility index (Phi) is 6.14. The zero-order valence-electron chi connectivity index (χ0n) is 20.2. The maximum Gasteiger partial charge on any atom is 0.250 e. The SMILES string of the molecule is O=c1c(-c2ccc(F)cc2)coc2cc(OCC(O)CN3C[C@H]4C[C@@H](C3)c3cccc(=O)n3C4)ccc12. The van der Waals surface area contributed by atoms with Gasteiger partial charge < -0.3 is 18.8 Å². The Morgan fingerprint density at radius 3 is 2.73 bits per heavy atom. The third kappa shape index (κ3) is 4.70. The first-order valence-electron chi connectivity index (χ1n) is 12.5. The van der Waals surface area contributed by atoms with E-state index in [4.69, 9.17) is 9.15 Å². The van der Waals surface area contributed by atoms with Crippen LogP contribution < -0.4 is 15.7 Å². The molecule has 7 nitrogen and oxygen atoms in total. The highest BCUT2D eigenvalue weighted by atomic mass is 19.1. The van der Waals surface area contributed by atoms with Gasteiger partial charge in [-0.05, 0) is 48.2 Å². The van der Waals surface area contributed by atoms with Crippen LogP contribution in [-0.4, -0.2) is 46.9 Å². The number of aromatic nitrogens is 1. The van der Waals surface area contributed by atoms with Gasteiger partial charge >= 0.3 is 0 Å². The quantitative estimate of drug-likeness (QED) is 0.434. The topological polar surface area (TPSA) is 84.9 Å². The lowest BCUT2D eigenvalue weighted by molar-refractivity contribution is 0.0384. The molecule has 1 N–H and O–H groups in total. The molecule has 37 heavy (non-hydrogen) atoms. The number of pyridine rings is 1. The van der Waals surface area contributed by atoms with E-state index in [1.165, 1.54) is 18.4 Å². The fourth-order valence-electron chi connectivity index (χ4n) is 5.71. The van der Waals surface area contributed by atoms with Gasteiger partial charge in [0.05, 0.1) is 10.9 Å². The van der Waals surface area contributed by atoms with Crippen molar-refractivity contribution in [3.8, 4) is 16.9 Å². The summed E-state index contributed by atoms with van der Waals surface area (Å²) in [5.41, 5.74) is 2.25. The van der Waals surface area contributed by atoms with Crippen molar-refractivity contribution in [1.82, 2.24) is 9.47 Å². The van der Waals surface area contributed by atoms with Crippen molar-refractivity contribution in [3.05, 3.63) is 99.0 Å². The minimum absolute atomic E-state index is 0.0620. The summed E-state index contributed by atoms with van der Waals surface area (Å²) in [7, 11) is 0. The summed E-state index contributed by atoms with van der Waals surface area (Å²) in [6.45, 7) is 2.94. The summed E-state index contributed by atoms with van der Waals surface area (Å²) in [6.07, 6.45) is 1.74. The van der Waals surface area contributed by atoms with Crippen LogP contribution in [0.4, 0.5) is 4.39 Å². The molecule has 0 radical (unpaired) electrons. The minimum atomic E-state index is -0.694. The Morgan fingerprint density at radius 1 is 1.05 bits per heavy atom. The van der Waals surface area contributed by atoms with Crippen molar-refractivity contribution in [2.75, 3.05) is 26.2 Å². The average molecular weight is 503 g/mol. The maximum atomic E-state index is 13.2. The van der Waals surface area contributed by atoms with Crippen molar-refractivity contribution < 1.29 is 18.7 Å². The standard InChI is InChI=1S/C29H27FN2O5/c30-21-6-4-19(5-7-21)25-17-37-27-11-23(8-9-24(27)29(25)35)36-16-22(33)15-31-12-18-10-20(14-31)26-2-1-3-28(34)32(26)13-18/h1-9,11,17-18,20,22,33H,10,12-16H2/t18-,20+,22?/m1/s1. The van der Waals surface area contributed by atoms with E-state index in [0.29, 0.717) is 40.3 Å². The number of hydrogen-bond acceptors (Lipinski definition) is 6. The molecule has 0 aliphatic carbocycles. The number of ether oxygens (including phenoxy) is 1. The van der Waals surface area contributed by atoms with Crippen LogP contribution in [0.15, 0.2) is 80.9 Å². The Hall–Kier alpha value is -3.75. The van der Waals surface area contributed by atoms with Gasteiger partial charge in [-0.15, -0.1) is 0 Å². The Bertz CT molecular complexity index is 1560. The molecule has 2 aromatic heterocycles. The molecule has 1 unspecified atom stereocenters. The van der Waals surface area contributed by atoms with E-state index in [2.05, 4.69) is 4.90 Å². The van der Waals surface area contributed by atoms with E-state index in [-0.39, 0.29) is 29.3 Å². The van der Waals surface area contributed by atoms with Gasteiger partial charge in [0.1, 0.15) is 36.1 Å². The van der Waals surface area contributed by atoms with E-state index in [1.54, 1.807) is 36.4 Å². The highest BCUT2D eigenvalue weighted by molar-refractivity contribution is 5.82. The lowest BCUT2D eigenvalue weighted by atomic mass is 9.83. The third-order valence-corrected chi connectivity index (χ3v) is 7.37. The first kappa shape index (κ1) is 23.6. The fraction of sp³-hybridized carbons (Fsp3) is 0.310. The molecule has 2 aliphatic rings. The molecule has 2 bridgehead atoms. The van der Waals surface area contributed by atoms with Crippen LogP contribution in [0.2, 0.25) is 0 Å². The molecule has 2 aliphatic heterocycles. The second-order valence-electron chi connectivity index (χ2n) is 10.0. The number of halogens is 1. The number of rotatable bonds is 6. The summed E-state index contributed by atoms with van der Waals surface area (Å²) < 4.78 is 26.6. The number of hydrogen-bond donors (Lipinski definition) is 1. The third-order valence-electron chi connectivity index (χ3n) is 7.37. The second-order valence-corrected chi connectivity index (χ2v) is 10.0. The molecule has 4 aromatic rings. The average Bonchev–Trinajstić information content (AvgIpc) is 2.89. The summed E-state index contributed by atoms with van der Waals surface area (Å²) in [5.74, 6) is 0.802. The molecule has 2 aromatic carbocycles. The molecular weight excluding hydrogens is 475 g/mol. The molecule has 3 atom stereocenters. The molecule has 1 fully saturated rings. The summed E-state index contributed by atoms with van der Waals surface area (Å²) >= 11 is 0. The van der Waals surface area contributed by atoms with Gasteiger partial charge in [-0.3, -0.25) is 14.5 Å². The van der Waals surface area contributed by atoms with Crippen LogP contribution in [0.25, 0.3) is 22.1 Å². The summed E-state index contributed by atoms with van der Waals surface area (Å²) in [6, 6.07) is 16.1. The molecule has 190 valence electrons. The van der Waals surface area contributed by atoms with Crippen molar-refractivity contribution in [2.24, 2.45) is 5.92 Å². The summed E-state index contributed by atoms with van der Waals surface area (Å²) in [4.78, 5) is 27.4. The number of likely N-dealkylation sites (tertiary alicyclic amines) is 1. The smallest absolute Gasteiger partial charge is 0.250 e. The van der Waals surface area contributed by atoms with Gasteiger partial charge in [0.25, 0.3) is 5.56 Å². The van der Waals surface area contributed by atoms with Gasteiger partial charge in [-0.2, -0.15) is 0 Å². The molecular formula is C29H27FN2O5. The largest absolute Gasteiger partial charge is 0.491 e. The lowest BCUT2D eigenvalue weighted by Gasteiger charge is -2.43. The number of nitrogens with zero attached hydrogens (tertiary/aromatic N) is 2. The number of benzene rings is 2. The molecule has 8 heteroatoms. The molecule has 0 spiro atoms. The fourth-order valence-corrected chi connectivity index (χ4v) is 5.71. The molecule has 4 heterocycles. The van der Waals surface area contributed by atoms with E-state index < -0.39 is 6.10 Å². The monoisotopic (exact) mass is 502 g/mol. The number of β-amino-alcohol motifs (C(OH)–C–C–N with tert-alkyl or cyclic N) is 1. The Morgan fingerprint density at radius 2 is 1.89 bits per heavy atom. The Labute approximate surface area is 212 Å². The van der Waals surface area contributed by atoms with Crippen LogP contribution >= 0.6 is 0 Å². The van der Waals surface area contributed by atoms with E-state index in [1.807, 2.05) is 16.7 Å². The molecule has 6 rings (SSSR count). The highest BCUT2D eigenvalue weighted by Crippen LogP contribution is 2.35. The number of piperidine rings is 1. The van der Waals surface area contributed by atoms with E-state index in [9.17, 15) is 19.1 Å². The van der Waals surface area contributed by atoms with E-state index in [0.717, 1.165) is 31.7 Å². The molecule has 0 amide bonds. The zero-order valence-corrected chi connectivity index (χ0v) is 20.2. The predicted octanol–water partition coefficient (Wildman–Crippen LogP) is 3.62. The zero-order chi connectivity index (χ0) is 25.5. The second kappa shape index (κ2) is 9.61. The molecule has 0 saturated carbocycles. The van der Waals surface area contributed by atoms with Gasteiger partial charge in [-0.25, -0.2) is 4.39 Å². The van der Waals surface area contributed by atoms with Gasteiger partial charge in [-0.1, -0.05) is 18.2 Å². The minimum Gasteiger partial charge on any atom is -0.491 e. The van der Waals surface area contributed by atoms with Crippen LogP contribution in [-0.2, 0) is 6.54 Å². The number of aliphatic hydroxyl groups is 1. The first-order valence-corrected chi connectivity index (χ1v) is 12.5. The molecule has 1 saturated heterocycles. The lowest BCUT2D eigenvalue weighted by Crippen LogP contribution is -2.49. The maximum absolute atomic E-state index is 13.2. The van der Waals surface area contributed by atoms with Crippen molar-refractivity contribution in [3.63, 3.8) is 0 Å². The highest BCUT2D eigenvalue weighted by Gasteiger charge is 2.34. The van der Waals surface area contributed by atoms with Crippen molar-refractivity contribution in [2.45, 2.75) is 25.0 Å². The van der Waals surface area contributed by atoms with Crippen LogP contribution in [0.1, 0.15) is 18.0 Å². The van der Waals surface area contributed by atoms with Crippen LogP contribution in [0, 0.1) is 11.7 Å². The normalized spacial score (nSPS) is 19.9. The van der Waals surface area contributed by atoms with Crippen LogP contribution in [0.5, 0.6) is 5.75 Å². The van der Waals surface area contributed by atoms with Gasteiger partial charge in [0, 0.05) is 49.9 Å².